The molecule has 0 aromatic carbocycles. The molecule has 1 aliphatic carbocycles. The zero-order chi connectivity index (χ0) is 12.0. The maximum Gasteiger partial charge on any atom is 0.344 e. The van der Waals surface area contributed by atoms with Crippen molar-refractivity contribution in [1.82, 2.24) is 0 Å². The van der Waals surface area contributed by atoms with E-state index < -0.39 is 5.97 Å². The molecule has 0 spiro atoms. The summed E-state index contributed by atoms with van der Waals surface area (Å²) in [6.07, 6.45) is 5.34. The molecule has 0 saturated heterocycles. The van der Waals surface area contributed by atoms with Crippen LogP contribution in [0.15, 0.2) is 11.8 Å². The molecule has 1 saturated carbocycles. The first-order valence-electron chi connectivity index (χ1n) is 5.76. The van der Waals surface area contributed by atoms with Crippen molar-refractivity contribution in [2.24, 2.45) is 5.92 Å². The molecule has 0 bridgehead atoms. The van der Waals surface area contributed by atoms with Gasteiger partial charge in [-0.1, -0.05) is 19.3 Å². The largest absolute Gasteiger partial charge is 0.515 e. The van der Waals surface area contributed by atoms with Crippen LogP contribution in [0.1, 0.15) is 39.0 Å². The Labute approximate surface area is 95.3 Å². The van der Waals surface area contributed by atoms with Gasteiger partial charge in [0.25, 0.3) is 0 Å². The number of carbonyl (C=O) groups excluding carboxylic acids is 2. The third-order valence-electron chi connectivity index (χ3n) is 2.87. The van der Waals surface area contributed by atoms with Gasteiger partial charge in [0.1, 0.15) is 5.57 Å². The molecule has 0 amide bonds. The molecule has 0 heterocycles. The highest BCUT2D eigenvalue weighted by Gasteiger charge is 2.28. The zero-order valence-electron chi connectivity index (χ0n) is 9.57. The standard InChI is InChI=1S/C12H18O4/c1-2-16-12(15)10(8-13)11(14)9-6-4-3-5-7-9/h8-9,13H,2-7H2,1H3/b10-8+. The minimum atomic E-state index is -0.722. The second-order valence-electron chi connectivity index (χ2n) is 3.96. The van der Waals surface area contributed by atoms with Crippen molar-refractivity contribution < 1.29 is 19.4 Å². The first kappa shape index (κ1) is 12.7. The molecular weight excluding hydrogens is 208 g/mol. The highest BCUT2D eigenvalue weighted by molar-refractivity contribution is 6.17. The topological polar surface area (TPSA) is 63.6 Å². The number of ketones is 1. The number of carbonyl (C=O) groups is 2. The molecule has 0 radical (unpaired) electrons. The van der Waals surface area contributed by atoms with E-state index in [-0.39, 0.29) is 23.9 Å². The smallest absolute Gasteiger partial charge is 0.344 e. The van der Waals surface area contributed by atoms with E-state index in [2.05, 4.69) is 0 Å². The van der Waals surface area contributed by atoms with Crippen LogP contribution in [0.25, 0.3) is 0 Å². The van der Waals surface area contributed by atoms with Crippen LogP contribution in [0.2, 0.25) is 0 Å². The van der Waals surface area contributed by atoms with Gasteiger partial charge in [-0.3, -0.25) is 4.79 Å². The Bertz CT molecular complexity index is 287. The fourth-order valence-corrected chi connectivity index (χ4v) is 2.01. The lowest BCUT2D eigenvalue weighted by Gasteiger charge is -2.20. The molecule has 90 valence electrons. The molecule has 1 N–H and O–H groups in total. The van der Waals surface area contributed by atoms with Crippen molar-refractivity contribution in [2.75, 3.05) is 6.61 Å². The summed E-state index contributed by atoms with van der Waals surface area (Å²) in [6, 6.07) is 0. The average Bonchev–Trinajstić information content (AvgIpc) is 2.31. The molecule has 4 heteroatoms. The van der Waals surface area contributed by atoms with Crippen LogP contribution in [0.4, 0.5) is 0 Å². The molecule has 0 unspecified atom stereocenters. The maximum atomic E-state index is 11.9. The molecule has 0 atom stereocenters. The van der Waals surface area contributed by atoms with E-state index in [1.54, 1.807) is 6.92 Å². The van der Waals surface area contributed by atoms with Gasteiger partial charge in [-0.15, -0.1) is 0 Å². The zero-order valence-corrected chi connectivity index (χ0v) is 9.57. The molecule has 1 rings (SSSR count). The molecule has 0 aliphatic heterocycles. The van der Waals surface area contributed by atoms with E-state index in [9.17, 15) is 9.59 Å². The van der Waals surface area contributed by atoms with Gasteiger partial charge >= 0.3 is 5.97 Å². The van der Waals surface area contributed by atoms with E-state index >= 15 is 0 Å². The minimum Gasteiger partial charge on any atom is -0.515 e. The average molecular weight is 226 g/mol. The van der Waals surface area contributed by atoms with Crippen molar-refractivity contribution in [3.8, 4) is 0 Å². The number of hydrogen-bond donors (Lipinski definition) is 1. The summed E-state index contributed by atoms with van der Waals surface area (Å²) in [6.45, 7) is 1.87. The SMILES string of the molecule is CCOC(=O)/C(=C/O)C(=O)C1CCCCC1. The van der Waals surface area contributed by atoms with Gasteiger partial charge in [-0.05, 0) is 19.8 Å². The summed E-state index contributed by atoms with van der Waals surface area (Å²) in [5, 5.41) is 8.94. The predicted molar refractivity (Wildman–Crippen MR) is 58.9 cm³/mol. The number of aliphatic hydroxyl groups is 1. The first-order chi connectivity index (χ1) is 7.70. The van der Waals surface area contributed by atoms with Crippen LogP contribution >= 0.6 is 0 Å². The van der Waals surface area contributed by atoms with E-state index in [0.29, 0.717) is 6.26 Å². The van der Waals surface area contributed by atoms with Crippen LogP contribution in [-0.2, 0) is 14.3 Å². The molecule has 0 aromatic rings. The summed E-state index contributed by atoms with van der Waals surface area (Å²) in [5.74, 6) is -1.13. The van der Waals surface area contributed by atoms with E-state index in [1.807, 2.05) is 0 Å². The lowest BCUT2D eigenvalue weighted by Crippen LogP contribution is -2.24. The Morgan fingerprint density at radius 2 is 1.94 bits per heavy atom. The number of esters is 1. The van der Waals surface area contributed by atoms with Gasteiger partial charge in [0.05, 0.1) is 12.9 Å². The fourth-order valence-electron chi connectivity index (χ4n) is 2.01. The Hall–Kier alpha value is -1.32. The lowest BCUT2D eigenvalue weighted by molar-refractivity contribution is -0.140. The normalized spacial score (nSPS) is 18.2. The van der Waals surface area contributed by atoms with E-state index in [0.717, 1.165) is 32.1 Å². The molecule has 4 nitrogen and oxygen atoms in total. The molecule has 0 aromatic heterocycles. The van der Waals surface area contributed by atoms with Crippen LogP contribution in [-0.4, -0.2) is 23.5 Å². The summed E-state index contributed by atoms with van der Waals surface area (Å²) in [7, 11) is 0. The summed E-state index contributed by atoms with van der Waals surface area (Å²) in [4.78, 5) is 23.3. The molecular formula is C12H18O4. The third kappa shape index (κ3) is 3.08. The predicted octanol–water partition coefficient (Wildman–Crippen LogP) is 2.14. The highest BCUT2D eigenvalue weighted by Crippen LogP contribution is 2.26. The number of rotatable bonds is 4. The Morgan fingerprint density at radius 3 is 2.44 bits per heavy atom. The van der Waals surface area contributed by atoms with E-state index in [1.165, 1.54) is 0 Å². The number of Topliss-reactive ketones (excluding diaryl/α,β-unsaturated/α-hetero) is 1. The van der Waals surface area contributed by atoms with Crippen LogP contribution in [0, 0.1) is 5.92 Å². The summed E-state index contributed by atoms with van der Waals surface area (Å²) >= 11 is 0. The second-order valence-corrected chi connectivity index (χ2v) is 3.96. The van der Waals surface area contributed by atoms with Crippen molar-refractivity contribution in [1.29, 1.82) is 0 Å². The Morgan fingerprint density at radius 1 is 1.31 bits per heavy atom. The Balaban J connectivity index is 2.65. The lowest BCUT2D eigenvalue weighted by atomic mass is 9.84. The number of ether oxygens (including phenoxy) is 1. The van der Waals surface area contributed by atoms with Gasteiger partial charge in [-0.2, -0.15) is 0 Å². The van der Waals surface area contributed by atoms with Gasteiger partial charge in [0, 0.05) is 5.92 Å². The first-order valence-corrected chi connectivity index (χ1v) is 5.76. The van der Waals surface area contributed by atoms with Crippen molar-refractivity contribution in [2.45, 2.75) is 39.0 Å². The van der Waals surface area contributed by atoms with Crippen molar-refractivity contribution in [3.05, 3.63) is 11.8 Å². The molecule has 1 fully saturated rings. The van der Waals surface area contributed by atoms with Gasteiger partial charge in [0.2, 0.25) is 0 Å². The number of hydrogen-bond acceptors (Lipinski definition) is 4. The summed E-state index contributed by atoms with van der Waals surface area (Å²) in [5.41, 5.74) is -0.214. The maximum absolute atomic E-state index is 11.9. The van der Waals surface area contributed by atoms with Gasteiger partial charge in [0.15, 0.2) is 5.78 Å². The van der Waals surface area contributed by atoms with Gasteiger partial charge < -0.3 is 9.84 Å². The summed E-state index contributed by atoms with van der Waals surface area (Å²) < 4.78 is 4.72. The van der Waals surface area contributed by atoms with Crippen LogP contribution in [0.3, 0.4) is 0 Å². The van der Waals surface area contributed by atoms with Gasteiger partial charge in [-0.25, -0.2) is 4.79 Å². The van der Waals surface area contributed by atoms with Crippen LogP contribution in [0.5, 0.6) is 0 Å². The quantitative estimate of drug-likeness (QED) is 0.262. The Kier molecular flexibility index (Phi) is 5.02. The van der Waals surface area contributed by atoms with E-state index in [4.69, 9.17) is 9.84 Å². The van der Waals surface area contributed by atoms with Crippen molar-refractivity contribution in [3.63, 3.8) is 0 Å². The monoisotopic (exact) mass is 226 g/mol. The second kappa shape index (κ2) is 6.30. The molecule has 16 heavy (non-hydrogen) atoms. The molecule has 1 aliphatic rings. The fraction of sp³-hybridized carbons (Fsp3) is 0.667. The third-order valence-corrected chi connectivity index (χ3v) is 2.87. The highest BCUT2D eigenvalue weighted by atomic mass is 16.5. The number of aliphatic hydroxyl groups excluding tert-OH is 1. The van der Waals surface area contributed by atoms with Crippen molar-refractivity contribution >= 4 is 11.8 Å². The van der Waals surface area contributed by atoms with Crippen LogP contribution < -0.4 is 0 Å². The minimum absolute atomic E-state index is 0.128.